The minimum atomic E-state index is -0.498. The van der Waals surface area contributed by atoms with E-state index in [1.54, 1.807) is 0 Å². The van der Waals surface area contributed by atoms with E-state index in [0.717, 1.165) is 5.56 Å². The van der Waals surface area contributed by atoms with Gasteiger partial charge in [-0.2, -0.15) is 0 Å². The zero-order chi connectivity index (χ0) is 10.6. The van der Waals surface area contributed by atoms with Crippen LogP contribution < -0.4 is 5.32 Å². The normalized spacial score (nSPS) is 11.1. The van der Waals surface area contributed by atoms with E-state index in [2.05, 4.69) is 21.2 Å². The topological polar surface area (TPSA) is 29.1 Å². The van der Waals surface area contributed by atoms with Crippen LogP contribution in [-0.4, -0.2) is 10.2 Å². The van der Waals surface area contributed by atoms with E-state index in [9.17, 15) is 4.79 Å². The maximum Gasteiger partial charge on any atom is 0.236 e. The van der Waals surface area contributed by atoms with Crippen LogP contribution in [0.5, 0.6) is 0 Å². The highest BCUT2D eigenvalue weighted by Crippen LogP contribution is 2.15. The lowest BCUT2D eigenvalue weighted by atomic mass is 10.2. The second kappa shape index (κ2) is 4.60. The Morgan fingerprint density at radius 1 is 1.36 bits per heavy atom. The largest absolute Gasteiger partial charge is 0.351 e. The smallest absolute Gasteiger partial charge is 0.236 e. The maximum absolute atomic E-state index is 11.5. The number of hydrogen-bond acceptors (Lipinski definition) is 1. The molecule has 1 aromatic carbocycles. The van der Waals surface area contributed by atoms with Gasteiger partial charge in [0.05, 0.1) is 4.32 Å². The molecule has 1 aromatic rings. The van der Waals surface area contributed by atoms with Crippen LogP contribution in [0, 0.1) is 0 Å². The van der Waals surface area contributed by atoms with Crippen molar-refractivity contribution in [1.29, 1.82) is 0 Å². The van der Waals surface area contributed by atoms with E-state index in [1.165, 1.54) is 0 Å². The van der Waals surface area contributed by atoms with Crippen molar-refractivity contribution in [2.45, 2.75) is 24.7 Å². The number of alkyl halides is 1. The van der Waals surface area contributed by atoms with Crippen molar-refractivity contribution in [2.24, 2.45) is 0 Å². The molecule has 0 radical (unpaired) electrons. The van der Waals surface area contributed by atoms with Crippen molar-refractivity contribution in [3.63, 3.8) is 0 Å². The quantitative estimate of drug-likeness (QED) is 0.827. The van der Waals surface area contributed by atoms with Gasteiger partial charge in [0.1, 0.15) is 0 Å². The molecule has 0 aliphatic carbocycles. The van der Waals surface area contributed by atoms with E-state index in [1.807, 2.05) is 44.2 Å². The molecule has 1 rings (SSSR count). The highest BCUT2D eigenvalue weighted by atomic mass is 79.9. The molecule has 0 heterocycles. The summed E-state index contributed by atoms with van der Waals surface area (Å²) in [6.07, 6.45) is 0. The Balaban J connectivity index is 2.46. The molecule has 0 aliphatic heterocycles. The molecule has 0 aliphatic rings. The van der Waals surface area contributed by atoms with Crippen LogP contribution in [0.25, 0.3) is 0 Å². The molecule has 1 amide bonds. The molecule has 0 unspecified atom stereocenters. The summed E-state index contributed by atoms with van der Waals surface area (Å²) in [5.74, 6) is 0.00125. The third-order valence-corrected chi connectivity index (χ3v) is 2.20. The van der Waals surface area contributed by atoms with E-state index in [0.29, 0.717) is 6.54 Å². The number of benzene rings is 1. The standard InChI is InChI=1S/C11H14BrNO/c1-11(2,12)10(14)13-8-9-6-4-3-5-7-9/h3-7H,8H2,1-2H3,(H,13,14). The summed E-state index contributed by atoms with van der Waals surface area (Å²) in [6, 6.07) is 9.85. The van der Waals surface area contributed by atoms with Crippen molar-refractivity contribution in [3.05, 3.63) is 35.9 Å². The molecule has 0 fully saturated rings. The predicted octanol–water partition coefficient (Wildman–Crippen LogP) is 2.48. The number of nitrogens with one attached hydrogen (secondary N) is 1. The fourth-order valence-corrected chi connectivity index (χ4v) is 1.13. The van der Waals surface area contributed by atoms with Gasteiger partial charge in [-0.25, -0.2) is 0 Å². The van der Waals surface area contributed by atoms with Crippen LogP contribution in [0.4, 0.5) is 0 Å². The third-order valence-electron chi connectivity index (χ3n) is 1.84. The second-order valence-electron chi connectivity index (χ2n) is 3.64. The molecular weight excluding hydrogens is 242 g/mol. The SMILES string of the molecule is CC(C)(Br)C(=O)NCc1ccccc1. The van der Waals surface area contributed by atoms with Gasteiger partial charge in [-0.05, 0) is 19.4 Å². The molecule has 0 spiro atoms. The zero-order valence-electron chi connectivity index (χ0n) is 8.38. The van der Waals surface area contributed by atoms with Crippen LogP contribution in [0.1, 0.15) is 19.4 Å². The Bertz CT molecular complexity index is 303. The first-order chi connectivity index (χ1) is 6.50. The summed E-state index contributed by atoms with van der Waals surface area (Å²) in [5.41, 5.74) is 1.11. The predicted molar refractivity (Wildman–Crippen MR) is 61.3 cm³/mol. The third kappa shape index (κ3) is 3.50. The van der Waals surface area contributed by atoms with Crippen molar-refractivity contribution in [2.75, 3.05) is 0 Å². The molecule has 2 nitrogen and oxygen atoms in total. The first-order valence-electron chi connectivity index (χ1n) is 4.51. The van der Waals surface area contributed by atoms with Crippen LogP contribution in [0.2, 0.25) is 0 Å². The highest BCUT2D eigenvalue weighted by Gasteiger charge is 2.22. The minimum Gasteiger partial charge on any atom is -0.351 e. The summed E-state index contributed by atoms with van der Waals surface area (Å²) >= 11 is 3.31. The van der Waals surface area contributed by atoms with Gasteiger partial charge in [0.2, 0.25) is 5.91 Å². The summed E-state index contributed by atoms with van der Waals surface area (Å²) in [5, 5.41) is 2.85. The van der Waals surface area contributed by atoms with Crippen molar-refractivity contribution in [3.8, 4) is 0 Å². The Kier molecular flexibility index (Phi) is 3.69. The van der Waals surface area contributed by atoms with Gasteiger partial charge in [0, 0.05) is 6.54 Å². The number of carbonyl (C=O) groups is 1. The van der Waals surface area contributed by atoms with E-state index in [4.69, 9.17) is 0 Å². The molecule has 0 atom stereocenters. The fraction of sp³-hybridized carbons (Fsp3) is 0.364. The van der Waals surface area contributed by atoms with E-state index in [-0.39, 0.29) is 5.91 Å². The first kappa shape index (κ1) is 11.2. The fourth-order valence-electron chi connectivity index (χ4n) is 0.988. The lowest BCUT2D eigenvalue weighted by Gasteiger charge is -2.15. The highest BCUT2D eigenvalue weighted by molar-refractivity contribution is 9.10. The minimum absolute atomic E-state index is 0.00125. The Hall–Kier alpha value is -0.830. The van der Waals surface area contributed by atoms with Crippen LogP contribution >= 0.6 is 15.9 Å². The molecule has 0 saturated carbocycles. The Morgan fingerprint density at radius 3 is 2.43 bits per heavy atom. The monoisotopic (exact) mass is 255 g/mol. The van der Waals surface area contributed by atoms with Crippen LogP contribution in [0.3, 0.4) is 0 Å². The molecule has 76 valence electrons. The average Bonchev–Trinajstić information content (AvgIpc) is 2.14. The zero-order valence-corrected chi connectivity index (χ0v) is 9.97. The molecule has 14 heavy (non-hydrogen) atoms. The van der Waals surface area contributed by atoms with Crippen LogP contribution in [-0.2, 0) is 11.3 Å². The summed E-state index contributed by atoms with van der Waals surface area (Å²) in [6.45, 7) is 4.23. The number of hydrogen-bond donors (Lipinski definition) is 1. The van der Waals surface area contributed by atoms with Gasteiger partial charge >= 0.3 is 0 Å². The maximum atomic E-state index is 11.5. The summed E-state index contributed by atoms with van der Waals surface area (Å²) in [7, 11) is 0. The molecule has 0 aromatic heterocycles. The van der Waals surface area contributed by atoms with E-state index >= 15 is 0 Å². The lowest BCUT2D eigenvalue weighted by molar-refractivity contribution is -0.122. The van der Waals surface area contributed by atoms with Gasteiger partial charge in [0.25, 0.3) is 0 Å². The first-order valence-corrected chi connectivity index (χ1v) is 5.30. The lowest BCUT2D eigenvalue weighted by Crippen LogP contribution is -2.36. The van der Waals surface area contributed by atoms with Gasteiger partial charge in [-0.1, -0.05) is 46.3 Å². The van der Waals surface area contributed by atoms with Gasteiger partial charge in [-0.3, -0.25) is 4.79 Å². The van der Waals surface area contributed by atoms with Gasteiger partial charge < -0.3 is 5.32 Å². The molecule has 3 heteroatoms. The van der Waals surface area contributed by atoms with Crippen molar-refractivity contribution < 1.29 is 4.79 Å². The Morgan fingerprint density at radius 2 is 1.93 bits per heavy atom. The average molecular weight is 256 g/mol. The molecule has 0 bridgehead atoms. The number of rotatable bonds is 3. The summed E-state index contributed by atoms with van der Waals surface area (Å²) < 4.78 is -0.498. The van der Waals surface area contributed by atoms with Crippen LogP contribution in [0.15, 0.2) is 30.3 Å². The number of amides is 1. The molecule has 0 saturated heterocycles. The van der Waals surface area contributed by atoms with E-state index < -0.39 is 4.32 Å². The van der Waals surface area contributed by atoms with Gasteiger partial charge in [0.15, 0.2) is 0 Å². The van der Waals surface area contributed by atoms with Crippen molar-refractivity contribution >= 4 is 21.8 Å². The number of carbonyl (C=O) groups excluding carboxylic acids is 1. The summed E-state index contributed by atoms with van der Waals surface area (Å²) in [4.78, 5) is 11.5. The molecule has 1 N–H and O–H groups in total. The Labute approximate surface area is 92.8 Å². The van der Waals surface area contributed by atoms with Gasteiger partial charge in [-0.15, -0.1) is 0 Å². The number of halogens is 1. The second-order valence-corrected chi connectivity index (χ2v) is 5.62. The van der Waals surface area contributed by atoms with Crippen molar-refractivity contribution in [1.82, 2.24) is 5.32 Å². The molecular formula is C11H14BrNO.